The number of aryl methyl sites for hydroxylation is 1. The molecule has 33 heavy (non-hydrogen) atoms. The van der Waals surface area contributed by atoms with Crippen LogP contribution in [-0.2, 0) is 16.1 Å². The molecule has 0 aliphatic heterocycles. The maximum atomic E-state index is 12.6. The molecular formula is C26H31N3O4. The van der Waals surface area contributed by atoms with E-state index in [0.717, 1.165) is 22.2 Å². The Kier molecular flexibility index (Phi) is 8.38. The molecule has 0 spiro atoms. The Balaban J connectivity index is 1.62. The topological polar surface area (TPSA) is 80.8 Å². The van der Waals surface area contributed by atoms with Crippen LogP contribution >= 0.6 is 0 Å². The van der Waals surface area contributed by atoms with Gasteiger partial charge in [0.2, 0.25) is 0 Å². The lowest BCUT2D eigenvalue weighted by molar-refractivity contribution is -0.146. The van der Waals surface area contributed by atoms with Gasteiger partial charge in [0, 0.05) is 28.8 Å². The van der Waals surface area contributed by atoms with Crippen LogP contribution in [0.15, 0.2) is 54.6 Å². The number of aromatic nitrogens is 1. The molecule has 0 saturated carbocycles. The summed E-state index contributed by atoms with van der Waals surface area (Å²) in [4.78, 5) is 31.2. The number of esters is 1. The molecule has 0 saturated heterocycles. The van der Waals surface area contributed by atoms with Crippen molar-refractivity contribution in [1.29, 1.82) is 0 Å². The molecule has 0 bridgehead atoms. The summed E-state index contributed by atoms with van der Waals surface area (Å²) in [5.41, 5.74) is 3.44. The van der Waals surface area contributed by atoms with Gasteiger partial charge in [-0.05, 0) is 56.4 Å². The number of methoxy groups -OCH3 is 1. The third kappa shape index (κ3) is 6.08. The van der Waals surface area contributed by atoms with Gasteiger partial charge < -0.3 is 14.8 Å². The Morgan fingerprint density at radius 3 is 2.42 bits per heavy atom. The van der Waals surface area contributed by atoms with Crippen LogP contribution in [-0.4, -0.2) is 54.5 Å². The van der Waals surface area contributed by atoms with Crippen LogP contribution in [0, 0.1) is 6.92 Å². The maximum absolute atomic E-state index is 12.6. The molecule has 0 aliphatic carbocycles. The quantitative estimate of drug-likeness (QED) is 0.475. The molecule has 1 N–H and O–H groups in total. The van der Waals surface area contributed by atoms with Crippen LogP contribution in [0.5, 0.6) is 5.75 Å². The van der Waals surface area contributed by atoms with Gasteiger partial charge in [0.15, 0.2) is 0 Å². The van der Waals surface area contributed by atoms with Crippen LogP contribution in [0.1, 0.15) is 35.5 Å². The lowest BCUT2D eigenvalue weighted by Crippen LogP contribution is -2.49. The van der Waals surface area contributed by atoms with E-state index in [4.69, 9.17) is 9.47 Å². The van der Waals surface area contributed by atoms with Crippen LogP contribution in [0.3, 0.4) is 0 Å². The summed E-state index contributed by atoms with van der Waals surface area (Å²) in [7, 11) is 1.36. The number of ether oxygens (including phenoxy) is 2. The second kappa shape index (κ2) is 11.4. The first-order valence-corrected chi connectivity index (χ1v) is 11.1. The molecule has 0 radical (unpaired) electrons. The zero-order valence-electron chi connectivity index (χ0n) is 19.6. The van der Waals surface area contributed by atoms with Gasteiger partial charge in [-0.1, -0.05) is 32.0 Å². The van der Waals surface area contributed by atoms with Gasteiger partial charge in [-0.15, -0.1) is 0 Å². The Labute approximate surface area is 194 Å². The lowest BCUT2D eigenvalue weighted by atomic mass is 10.1. The average molecular weight is 450 g/mol. The van der Waals surface area contributed by atoms with Crippen molar-refractivity contribution < 1.29 is 19.1 Å². The Hall–Kier alpha value is -3.45. The fraction of sp³-hybridized carbons (Fsp3) is 0.346. The lowest BCUT2D eigenvalue weighted by Gasteiger charge is -2.27. The molecule has 1 heterocycles. The Bertz CT molecular complexity index is 1090. The molecule has 7 nitrogen and oxygen atoms in total. The fourth-order valence-corrected chi connectivity index (χ4v) is 3.83. The van der Waals surface area contributed by atoms with Crippen LogP contribution in [0.25, 0.3) is 10.9 Å². The Morgan fingerprint density at radius 2 is 1.76 bits per heavy atom. The first-order valence-electron chi connectivity index (χ1n) is 11.1. The van der Waals surface area contributed by atoms with Crippen molar-refractivity contribution in [2.45, 2.75) is 33.4 Å². The largest absolute Gasteiger partial charge is 0.489 e. The number of nitrogens with one attached hydrogen (secondary N) is 1. The maximum Gasteiger partial charge on any atom is 0.324 e. The van der Waals surface area contributed by atoms with Gasteiger partial charge >= 0.3 is 5.97 Å². The highest BCUT2D eigenvalue weighted by Crippen LogP contribution is 2.21. The normalized spacial score (nSPS) is 11.9. The minimum absolute atomic E-state index is 0.180. The summed E-state index contributed by atoms with van der Waals surface area (Å²) < 4.78 is 10.9. The summed E-state index contributed by atoms with van der Waals surface area (Å²) in [6.45, 7) is 7.86. The third-order valence-corrected chi connectivity index (χ3v) is 5.62. The number of carbonyl (C=O) groups is 2. The number of amides is 1. The molecule has 1 aromatic heterocycles. The number of benzene rings is 2. The minimum Gasteiger partial charge on any atom is -0.489 e. The molecule has 7 heteroatoms. The summed E-state index contributed by atoms with van der Waals surface area (Å²) in [6.07, 6.45) is 0. The molecule has 0 aliphatic rings. The molecular weight excluding hydrogens is 418 g/mol. The molecule has 2 aromatic carbocycles. The van der Waals surface area contributed by atoms with Crippen molar-refractivity contribution in [2.75, 3.05) is 26.7 Å². The molecule has 1 atom stereocenters. The van der Waals surface area contributed by atoms with Crippen molar-refractivity contribution in [3.63, 3.8) is 0 Å². The van der Waals surface area contributed by atoms with Crippen molar-refractivity contribution in [2.24, 2.45) is 0 Å². The predicted molar refractivity (Wildman–Crippen MR) is 128 cm³/mol. The predicted octanol–water partition coefficient (Wildman–Crippen LogP) is 3.74. The first-order chi connectivity index (χ1) is 16.0. The molecule has 3 aromatic rings. The number of carbonyl (C=O) groups excluding carboxylic acids is 2. The van der Waals surface area contributed by atoms with Gasteiger partial charge in [0.1, 0.15) is 18.4 Å². The highest BCUT2D eigenvalue weighted by atomic mass is 16.5. The smallest absolute Gasteiger partial charge is 0.324 e. The summed E-state index contributed by atoms with van der Waals surface area (Å²) in [5.74, 6) is 0.0562. The highest BCUT2D eigenvalue weighted by molar-refractivity contribution is 5.94. The second-order valence-electron chi connectivity index (χ2n) is 7.72. The number of hydrogen-bond donors (Lipinski definition) is 1. The summed E-state index contributed by atoms with van der Waals surface area (Å²) in [6, 6.07) is 16.5. The number of fused-ring (bicyclic) bond motifs is 1. The average Bonchev–Trinajstić information content (AvgIpc) is 2.84. The number of likely N-dealkylation sites (N-methyl/N-ethyl adjacent to an activating group) is 1. The van der Waals surface area contributed by atoms with Gasteiger partial charge in [0.25, 0.3) is 5.91 Å². The van der Waals surface area contributed by atoms with Crippen molar-refractivity contribution in [3.8, 4) is 5.75 Å². The zero-order chi connectivity index (χ0) is 23.8. The summed E-state index contributed by atoms with van der Waals surface area (Å²) in [5, 5.41) is 3.90. The van der Waals surface area contributed by atoms with Gasteiger partial charge in [-0.25, -0.2) is 0 Å². The molecule has 1 amide bonds. The molecule has 0 fully saturated rings. The first kappa shape index (κ1) is 24.2. The number of hydrogen-bond acceptors (Lipinski definition) is 6. The fourth-order valence-electron chi connectivity index (χ4n) is 3.83. The third-order valence-electron chi connectivity index (χ3n) is 5.62. The van der Waals surface area contributed by atoms with E-state index in [1.807, 2.05) is 56.0 Å². The van der Waals surface area contributed by atoms with E-state index in [-0.39, 0.29) is 18.4 Å². The number of para-hydroxylation sites is 1. The standard InChI is InChI=1S/C26H31N3O4/c1-5-29(6-2)24(26(31)32-4)16-27-25(30)19-11-13-21(14-12-19)33-17-20-15-18(3)28-23-10-8-7-9-22(20)23/h7-15,24H,5-6,16-17H2,1-4H3,(H,27,30). The van der Waals surface area contributed by atoms with Crippen LogP contribution < -0.4 is 10.1 Å². The van der Waals surface area contributed by atoms with Crippen LogP contribution in [0.4, 0.5) is 0 Å². The van der Waals surface area contributed by atoms with Gasteiger partial charge in [-0.2, -0.15) is 0 Å². The highest BCUT2D eigenvalue weighted by Gasteiger charge is 2.25. The number of rotatable bonds is 10. The van der Waals surface area contributed by atoms with Gasteiger partial charge in [0.05, 0.1) is 12.6 Å². The molecule has 174 valence electrons. The zero-order valence-corrected chi connectivity index (χ0v) is 19.6. The van der Waals surface area contributed by atoms with Gasteiger partial charge in [-0.3, -0.25) is 19.5 Å². The van der Waals surface area contributed by atoms with Crippen molar-refractivity contribution >= 4 is 22.8 Å². The molecule has 3 rings (SSSR count). The SMILES string of the molecule is CCN(CC)C(CNC(=O)c1ccc(OCc2cc(C)nc3ccccc23)cc1)C(=O)OC. The van der Waals surface area contributed by atoms with E-state index >= 15 is 0 Å². The number of nitrogens with zero attached hydrogens (tertiary/aromatic N) is 2. The van der Waals surface area contributed by atoms with E-state index in [1.165, 1.54) is 7.11 Å². The van der Waals surface area contributed by atoms with E-state index in [1.54, 1.807) is 24.3 Å². The Morgan fingerprint density at radius 1 is 1.06 bits per heavy atom. The summed E-state index contributed by atoms with van der Waals surface area (Å²) >= 11 is 0. The van der Waals surface area contributed by atoms with E-state index in [0.29, 0.717) is 31.0 Å². The monoisotopic (exact) mass is 449 g/mol. The molecule has 1 unspecified atom stereocenters. The second-order valence-corrected chi connectivity index (χ2v) is 7.72. The van der Waals surface area contributed by atoms with E-state index < -0.39 is 6.04 Å². The van der Waals surface area contributed by atoms with E-state index in [9.17, 15) is 9.59 Å². The van der Waals surface area contributed by atoms with Crippen molar-refractivity contribution in [1.82, 2.24) is 15.2 Å². The minimum atomic E-state index is -0.518. The van der Waals surface area contributed by atoms with Crippen molar-refractivity contribution in [3.05, 3.63) is 71.4 Å². The number of pyridine rings is 1. The van der Waals surface area contributed by atoms with E-state index in [2.05, 4.69) is 10.3 Å². The van der Waals surface area contributed by atoms with Crippen LogP contribution in [0.2, 0.25) is 0 Å².